The van der Waals surface area contributed by atoms with Crippen molar-refractivity contribution in [3.63, 3.8) is 0 Å². The maximum absolute atomic E-state index is 12.4. The van der Waals surface area contributed by atoms with Crippen LogP contribution in [0.25, 0.3) is 5.52 Å². The van der Waals surface area contributed by atoms with Gasteiger partial charge in [0.25, 0.3) is 0 Å². The van der Waals surface area contributed by atoms with Crippen LogP contribution in [0.5, 0.6) is 5.75 Å². The Kier molecular flexibility index (Phi) is 4.73. The molecule has 0 radical (unpaired) electrons. The smallest absolute Gasteiger partial charge is 0.240 e. The zero-order chi connectivity index (χ0) is 19.8. The fraction of sp³-hybridized carbons (Fsp3) is 0.235. The SMILES string of the molecule is O=S(=O)(CCNS(=O)(=O)c1ccc2c(c1)CCO2)Nc1ccn2nccc2c1. The van der Waals surface area contributed by atoms with E-state index in [9.17, 15) is 16.8 Å². The van der Waals surface area contributed by atoms with E-state index in [-0.39, 0.29) is 11.4 Å². The topological polar surface area (TPSA) is 119 Å². The van der Waals surface area contributed by atoms with Gasteiger partial charge in [-0.15, -0.1) is 0 Å². The highest BCUT2D eigenvalue weighted by atomic mass is 32.2. The quantitative estimate of drug-likeness (QED) is 0.586. The van der Waals surface area contributed by atoms with Crippen molar-refractivity contribution in [1.29, 1.82) is 0 Å². The third kappa shape index (κ3) is 3.96. The molecule has 3 aromatic rings. The molecule has 0 aliphatic carbocycles. The van der Waals surface area contributed by atoms with Gasteiger partial charge in [-0.3, -0.25) is 4.72 Å². The number of sulfonamides is 2. The second kappa shape index (κ2) is 7.08. The van der Waals surface area contributed by atoms with E-state index in [4.69, 9.17) is 4.74 Å². The van der Waals surface area contributed by atoms with Crippen molar-refractivity contribution in [2.24, 2.45) is 0 Å². The Balaban J connectivity index is 1.39. The number of nitrogens with zero attached hydrogens (tertiary/aromatic N) is 2. The summed E-state index contributed by atoms with van der Waals surface area (Å²) >= 11 is 0. The molecule has 0 amide bonds. The number of nitrogens with one attached hydrogen (secondary N) is 2. The molecule has 1 aliphatic rings. The van der Waals surface area contributed by atoms with E-state index in [1.807, 2.05) is 0 Å². The van der Waals surface area contributed by atoms with Crippen LogP contribution in [0, 0.1) is 0 Å². The molecule has 4 rings (SSSR count). The zero-order valence-corrected chi connectivity index (χ0v) is 16.3. The lowest BCUT2D eigenvalue weighted by molar-refractivity contribution is 0.356. The number of hydrogen-bond acceptors (Lipinski definition) is 6. The van der Waals surface area contributed by atoms with E-state index in [1.165, 1.54) is 6.07 Å². The fourth-order valence-electron chi connectivity index (χ4n) is 2.94. The summed E-state index contributed by atoms with van der Waals surface area (Å²) in [7, 11) is -7.53. The third-order valence-electron chi connectivity index (χ3n) is 4.31. The van der Waals surface area contributed by atoms with Crippen LogP contribution in [-0.2, 0) is 26.5 Å². The first-order valence-corrected chi connectivity index (χ1v) is 11.7. The predicted octanol–water partition coefficient (Wildman–Crippen LogP) is 0.989. The Morgan fingerprint density at radius 2 is 1.96 bits per heavy atom. The Bertz CT molecular complexity index is 1240. The van der Waals surface area contributed by atoms with Crippen LogP contribution in [0.4, 0.5) is 5.69 Å². The van der Waals surface area contributed by atoms with Gasteiger partial charge in [-0.2, -0.15) is 5.10 Å². The molecular weight excluding hydrogens is 404 g/mol. The lowest BCUT2D eigenvalue weighted by atomic mass is 10.2. The molecular formula is C17H18N4O5S2. The van der Waals surface area contributed by atoms with E-state index < -0.39 is 25.8 Å². The average molecular weight is 422 g/mol. The van der Waals surface area contributed by atoms with Crippen molar-refractivity contribution in [3.05, 3.63) is 54.4 Å². The van der Waals surface area contributed by atoms with Gasteiger partial charge in [-0.1, -0.05) is 0 Å². The molecule has 11 heteroatoms. The summed E-state index contributed by atoms with van der Waals surface area (Å²) in [6, 6.07) is 9.57. The maximum Gasteiger partial charge on any atom is 0.240 e. The second-order valence-corrected chi connectivity index (χ2v) is 9.91. The normalized spacial score (nSPS) is 14.0. The van der Waals surface area contributed by atoms with Crippen molar-refractivity contribution in [1.82, 2.24) is 14.3 Å². The molecule has 0 bridgehead atoms. The van der Waals surface area contributed by atoms with Crippen LogP contribution in [0.2, 0.25) is 0 Å². The molecule has 2 N–H and O–H groups in total. The summed E-state index contributed by atoms with van der Waals surface area (Å²) < 4.78 is 61.1. The maximum atomic E-state index is 12.4. The van der Waals surface area contributed by atoms with Gasteiger partial charge in [-0.05, 0) is 42.0 Å². The van der Waals surface area contributed by atoms with Crippen molar-refractivity contribution >= 4 is 31.3 Å². The molecule has 1 aliphatic heterocycles. The van der Waals surface area contributed by atoms with Gasteiger partial charge in [-0.25, -0.2) is 26.1 Å². The first kappa shape index (κ1) is 18.7. The first-order valence-electron chi connectivity index (χ1n) is 8.52. The molecule has 3 heterocycles. The monoisotopic (exact) mass is 422 g/mol. The summed E-state index contributed by atoms with van der Waals surface area (Å²) in [5.41, 5.74) is 1.95. The fourth-order valence-corrected chi connectivity index (χ4v) is 5.11. The number of anilines is 1. The Morgan fingerprint density at radius 1 is 1.11 bits per heavy atom. The molecule has 1 aromatic carbocycles. The van der Waals surface area contributed by atoms with Gasteiger partial charge in [0.05, 0.1) is 28.5 Å². The standard InChI is InChI=1S/C17H18N4O5S2/c22-27(23,20-14-4-8-21-15(12-14)3-6-18-21)10-7-19-28(24,25)16-1-2-17-13(11-16)5-9-26-17/h1-4,6,8,11-12,19-20H,5,7,9-10H2. The number of hydrogen-bond donors (Lipinski definition) is 2. The number of rotatable bonds is 7. The summed E-state index contributed by atoms with van der Waals surface area (Å²) in [6.07, 6.45) is 3.89. The van der Waals surface area contributed by atoms with E-state index in [2.05, 4.69) is 14.5 Å². The molecule has 0 saturated carbocycles. The molecule has 0 fully saturated rings. The number of aromatic nitrogens is 2. The lowest BCUT2D eigenvalue weighted by Gasteiger charge is -2.10. The molecule has 9 nitrogen and oxygen atoms in total. The van der Waals surface area contributed by atoms with Crippen molar-refractivity contribution in [3.8, 4) is 5.75 Å². The molecule has 28 heavy (non-hydrogen) atoms. The van der Waals surface area contributed by atoms with Gasteiger partial charge >= 0.3 is 0 Å². The average Bonchev–Trinajstić information content (AvgIpc) is 3.28. The zero-order valence-electron chi connectivity index (χ0n) is 14.7. The van der Waals surface area contributed by atoms with E-state index in [0.717, 1.165) is 11.1 Å². The molecule has 0 atom stereocenters. The first-order chi connectivity index (χ1) is 13.3. The molecule has 2 aromatic heterocycles. The van der Waals surface area contributed by atoms with E-state index in [0.29, 0.717) is 24.5 Å². The summed E-state index contributed by atoms with van der Waals surface area (Å²) in [4.78, 5) is 0.0910. The van der Waals surface area contributed by atoms with Crippen LogP contribution in [0.15, 0.2) is 53.7 Å². The number of benzene rings is 1. The highest BCUT2D eigenvalue weighted by molar-refractivity contribution is 7.92. The van der Waals surface area contributed by atoms with Crippen molar-refractivity contribution in [2.45, 2.75) is 11.3 Å². The highest BCUT2D eigenvalue weighted by Gasteiger charge is 2.20. The number of pyridine rings is 1. The van der Waals surface area contributed by atoms with Crippen molar-refractivity contribution in [2.75, 3.05) is 23.6 Å². The van der Waals surface area contributed by atoms with Gasteiger partial charge in [0.2, 0.25) is 20.0 Å². The Morgan fingerprint density at radius 3 is 2.82 bits per heavy atom. The van der Waals surface area contributed by atoms with Crippen LogP contribution in [-0.4, -0.2) is 45.4 Å². The van der Waals surface area contributed by atoms with E-state index >= 15 is 0 Å². The van der Waals surface area contributed by atoms with Gasteiger partial charge < -0.3 is 4.74 Å². The van der Waals surface area contributed by atoms with Gasteiger partial charge in [0.15, 0.2) is 0 Å². The second-order valence-electron chi connectivity index (χ2n) is 6.30. The lowest BCUT2D eigenvalue weighted by Crippen LogP contribution is -2.31. The largest absolute Gasteiger partial charge is 0.493 e. The van der Waals surface area contributed by atoms with Crippen LogP contribution in [0.3, 0.4) is 0 Å². The van der Waals surface area contributed by atoms with Crippen molar-refractivity contribution < 1.29 is 21.6 Å². The predicted molar refractivity (Wildman–Crippen MR) is 103 cm³/mol. The Hall–Kier alpha value is -2.63. The van der Waals surface area contributed by atoms with Crippen LogP contribution >= 0.6 is 0 Å². The molecule has 0 saturated heterocycles. The summed E-state index contributed by atoms with van der Waals surface area (Å²) in [5.74, 6) is 0.283. The number of ether oxygens (including phenoxy) is 1. The molecule has 0 unspecified atom stereocenters. The number of fused-ring (bicyclic) bond motifs is 2. The van der Waals surface area contributed by atoms with Crippen LogP contribution < -0.4 is 14.2 Å². The summed E-state index contributed by atoms with van der Waals surface area (Å²) in [5, 5.41) is 4.04. The molecule has 0 spiro atoms. The van der Waals surface area contributed by atoms with Gasteiger partial charge in [0.1, 0.15) is 5.75 Å². The van der Waals surface area contributed by atoms with Gasteiger partial charge in [0, 0.05) is 25.4 Å². The minimum atomic E-state index is -3.81. The summed E-state index contributed by atoms with van der Waals surface area (Å²) in [6.45, 7) is 0.279. The minimum absolute atomic E-state index is 0.0910. The van der Waals surface area contributed by atoms with E-state index in [1.54, 1.807) is 47.2 Å². The highest BCUT2D eigenvalue weighted by Crippen LogP contribution is 2.27. The van der Waals surface area contributed by atoms with Crippen LogP contribution in [0.1, 0.15) is 5.56 Å². The Labute approximate surface area is 162 Å². The molecule has 148 valence electrons. The minimum Gasteiger partial charge on any atom is -0.493 e. The third-order valence-corrected chi connectivity index (χ3v) is 7.05.